The van der Waals surface area contributed by atoms with Gasteiger partial charge in [-0.05, 0) is 86.4 Å². The van der Waals surface area contributed by atoms with Crippen LogP contribution < -0.4 is 4.90 Å². The van der Waals surface area contributed by atoms with Gasteiger partial charge in [0, 0.05) is 6.20 Å². The zero-order valence-corrected chi connectivity index (χ0v) is 21.6. The van der Waals surface area contributed by atoms with Gasteiger partial charge in [0.25, 0.3) is 0 Å². The highest BCUT2D eigenvalue weighted by atomic mass is 16.6. The number of carbonyl (C=O) groups is 3. The molecule has 0 radical (unpaired) electrons. The molecule has 0 saturated heterocycles. The number of imide groups is 1. The second-order valence-electron chi connectivity index (χ2n) is 10.9. The van der Waals surface area contributed by atoms with E-state index in [9.17, 15) is 14.4 Å². The maximum atomic E-state index is 13.1. The number of hydrogen-bond donors (Lipinski definition) is 0. The fourth-order valence-electron chi connectivity index (χ4n) is 2.67. The van der Waals surface area contributed by atoms with E-state index < -0.39 is 35.1 Å². The first-order valence-electron chi connectivity index (χ1n) is 10.8. The van der Waals surface area contributed by atoms with Crippen molar-refractivity contribution in [2.45, 2.75) is 86.0 Å². The highest BCUT2D eigenvalue weighted by molar-refractivity contribution is 6.13. The van der Waals surface area contributed by atoms with Crippen molar-refractivity contribution in [1.82, 2.24) is 14.8 Å². The van der Waals surface area contributed by atoms with Gasteiger partial charge >= 0.3 is 18.3 Å². The van der Waals surface area contributed by atoms with E-state index in [1.165, 1.54) is 6.20 Å². The van der Waals surface area contributed by atoms with Gasteiger partial charge in [-0.3, -0.25) is 0 Å². The Morgan fingerprint density at radius 3 is 1.76 bits per heavy atom. The van der Waals surface area contributed by atoms with Gasteiger partial charge in [-0.25, -0.2) is 19.4 Å². The zero-order valence-electron chi connectivity index (χ0n) is 21.6. The Bertz CT molecular complexity index is 1100. The van der Waals surface area contributed by atoms with Crippen molar-refractivity contribution in [1.29, 1.82) is 0 Å². The summed E-state index contributed by atoms with van der Waals surface area (Å²) in [6, 6.07) is 1.63. The fourth-order valence-corrected chi connectivity index (χ4v) is 2.67. The molecule has 2 amide bonds. The standard InChI is InChI=1S/C24H34N4O6/c1-14(2)15-12-16-17(25-13-15)18(26-28(16)21(31)34-24(9,10)11)27(19(29)32-22(3,4)5)20(30)33-23(6,7)8/h12-13H,1H2,2-11H3. The molecule has 0 fully saturated rings. The van der Waals surface area contributed by atoms with E-state index in [1.54, 1.807) is 75.3 Å². The average Bonchev–Trinajstić information content (AvgIpc) is 2.96. The monoisotopic (exact) mass is 474 g/mol. The molecule has 0 bridgehead atoms. The zero-order chi connectivity index (χ0) is 26.2. The third kappa shape index (κ3) is 6.79. The molecule has 0 spiro atoms. The second-order valence-corrected chi connectivity index (χ2v) is 10.9. The summed E-state index contributed by atoms with van der Waals surface area (Å²) in [7, 11) is 0. The number of fused-ring (bicyclic) bond motifs is 1. The molecule has 0 aliphatic heterocycles. The van der Waals surface area contributed by atoms with Crippen LogP contribution in [0.2, 0.25) is 0 Å². The van der Waals surface area contributed by atoms with Gasteiger partial charge < -0.3 is 14.2 Å². The first-order valence-corrected chi connectivity index (χ1v) is 10.8. The lowest BCUT2D eigenvalue weighted by molar-refractivity contribution is 0.0421. The smallest absolute Gasteiger partial charge is 0.435 e. The van der Waals surface area contributed by atoms with Crippen molar-refractivity contribution >= 4 is 40.7 Å². The van der Waals surface area contributed by atoms with E-state index in [2.05, 4.69) is 16.7 Å². The summed E-state index contributed by atoms with van der Waals surface area (Å²) in [4.78, 5) is 44.2. The summed E-state index contributed by atoms with van der Waals surface area (Å²) >= 11 is 0. The number of carbonyl (C=O) groups excluding carboxylic acids is 3. The van der Waals surface area contributed by atoms with E-state index in [1.807, 2.05) is 0 Å². The molecular weight excluding hydrogens is 440 g/mol. The number of anilines is 1. The van der Waals surface area contributed by atoms with Crippen LogP contribution in [-0.2, 0) is 14.2 Å². The maximum absolute atomic E-state index is 13.1. The Labute approximate surface area is 199 Å². The molecule has 10 nitrogen and oxygen atoms in total. The quantitative estimate of drug-likeness (QED) is 0.493. The molecule has 0 unspecified atom stereocenters. The van der Waals surface area contributed by atoms with Crippen LogP contribution in [0.3, 0.4) is 0 Å². The van der Waals surface area contributed by atoms with Crippen LogP contribution >= 0.6 is 0 Å². The fraction of sp³-hybridized carbons (Fsp3) is 0.542. The molecular formula is C24H34N4O6. The van der Waals surface area contributed by atoms with Crippen LogP contribution in [0.4, 0.5) is 20.2 Å². The Morgan fingerprint density at radius 2 is 1.35 bits per heavy atom. The van der Waals surface area contributed by atoms with Crippen molar-refractivity contribution < 1.29 is 28.6 Å². The van der Waals surface area contributed by atoms with Gasteiger partial charge in [0.1, 0.15) is 27.8 Å². The largest absolute Gasteiger partial charge is 0.443 e. The van der Waals surface area contributed by atoms with E-state index in [-0.39, 0.29) is 16.9 Å². The SMILES string of the molecule is C=C(C)c1cnc2c(N(C(=O)OC(C)(C)C)C(=O)OC(C)(C)C)nn(C(=O)OC(C)(C)C)c2c1. The first kappa shape index (κ1) is 26.8. The predicted octanol–water partition coefficient (Wildman–Crippen LogP) is 5.92. The summed E-state index contributed by atoms with van der Waals surface area (Å²) in [5.74, 6) is -0.224. The topological polar surface area (TPSA) is 113 Å². The Morgan fingerprint density at radius 1 is 0.882 bits per heavy atom. The Balaban J connectivity index is 2.78. The maximum Gasteiger partial charge on any atom is 0.435 e. The summed E-state index contributed by atoms with van der Waals surface area (Å²) in [5.41, 5.74) is -0.975. The van der Waals surface area contributed by atoms with Gasteiger partial charge in [0.05, 0.1) is 0 Å². The molecule has 2 aromatic rings. The minimum Gasteiger partial charge on any atom is -0.443 e. The molecule has 0 aliphatic carbocycles. The number of ether oxygens (including phenoxy) is 3. The lowest BCUT2D eigenvalue weighted by Gasteiger charge is -2.27. The normalized spacial score (nSPS) is 12.3. The average molecular weight is 475 g/mol. The number of nitrogens with zero attached hydrogens (tertiary/aromatic N) is 4. The number of amides is 2. The van der Waals surface area contributed by atoms with Crippen LogP contribution in [0, 0.1) is 0 Å². The van der Waals surface area contributed by atoms with E-state index in [4.69, 9.17) is 14.2 Å². The summed E-state index contributed by atoms with van der Waals surface area (Å²) in [5, 5.41) is 4.25. The predicted molar refractivity (Wildman–Crippen MR) is 129 cm³/mol. The molecule has 10 heteroatoms. The Hall–Kier alpha value is -3.43. The lowest BCUT2D eigenvalue weighted by Crippen LogP contribution is -2.44. The molecule has 0 N–H and O–H groups in total. The number of aromatic nitrogens is 3. The molecule has 0 aliphatic rings. The number of rotatable bonds is 2. The molecule has 186 valence electrons. The van der Waals surface area contributed by atoms with Crippen molar-refractivity contribution in [2.24, 2.45) is 0 Å². The van der Waals surface area contributed by atoms with Crippen molar-refractivity contribution in [3.63, 3.8) is 0 Å². The third-order valence-corrected chi connectivity index (χ3v) is 3.93. The van der Waals surface area contributed by atoms with Gasteiger partial charge in [-0.2, -0.15) is 9.58 Å². The Kier molecular flexibility index (Phi) is 7.16. The number of hydrogen-bond acceptors (Lipinski definition) is 8. The van der Waals surface area contributed by atoms with Gasteiger partial charge in [-0.15, -0.1) is 5.10 Å². The minimum absolute atomic E-state index is 0.104. The molecule has 34 heavy (non-hydrogen) atoms. The molecule has 0 aromatic carbocycles. The van der Waals surface area contributed by atoms with Crippen LogP contribution in [0.25, 0.3) is 16.6 Å². The van der Waals surface area contributed by atoms with Crippen molar-refractivity contribution in [2.75, 3.05) is 4.90 Å². The number of allylic oxidation sites excluding steroid dienone is 1. The van der Waals surface area contributed by atoms with Crippen molar-refractivity contribution in [3.8, 4) is 0 Å². The second kappa shape index (κ2) is 9.08. The summed E-state index contributed by atoms with van der Waals surface area (Å²) in [6.45, 7) is 20.8. The summed E-state index contributed by atoms with van der Waals surface area (Å²) in [6.07, 6.45) is -1.35. The lowest BCUT2D eigenvalue weighted by atomic mass is 10.1. The van der Waals surface area contributed by atoms with Crippen molar-refractivity contribution in [3.05, 3.63) is 24.4 Å². The van der Waals surface area contributed by atoms with Crippen LogP contribution in [-0.4, -0.2) is 49.8 Å². The van der Waals surface area contributed by atoms with Crippen LogP contribution in [0.1, 0.15) is 74.8 Å². The summed E-state index contributed by atoms with van der Waals surface area (Å²) < 4.78 is 17.3. The van der Waals surface area contributed by atoms with Gasteiger partial charge in [0.2, 0.25) is 0 Å². The molecule has 2 rings (SSSR count). The first-order chi connectivity index (χ1) is 15.3. The number of pyridine rings is 1. The third-order valence-electron chi connectivity index (χ3n) is 3.93. The highest BCUT2D eigenvalue weighted by Crippen LogP contribution is 2.30. The van der Waals surface area contributed by atoms with E-state index in [0.29, 0.717) is 16.0 Å². The van der Waals surface area contributed by atoms with Crippen LogP contribution in [0.15, 0.2) is 18.8 Å². The minimum atomic E-state index is -1.02. The molecule has 2 aromatic heterocycles. The van der Waals surface area contributed by atoms with Gasteiger partial charge in [-0.1, -0.05) is 6.58 Å². The molecule has 2 heterocycles. The van der Waals surface area contributed by atoms with Crippen LogP contribution in [0.5, 0.6) is 0 Å². The van der Waals surface area contributed by atoms with E-state index in [0.717, 1.165) is 4.68 Å². The molecule has 0 saturated carbocycles. The highest BCUT2D eigenvalue weighted by Gasteiger charge is 2.37. The molecule has 0 atom stereocenters. The van der Waals surface area contributed by atoms with Gasteiger partial charge in [0.15, 0.2) is 5.82 Å². The van der Waals surface area contributed by atoms with E-state index >= 15 is 0 Å².